The van der Waals surface area contributed by atoms with Crippen LogP contribution in [0.3, 0.4) is 0 Å². The Morgan fingerprint density at radius 1 is 0.778 bits per heavy atom. The molecule has 0 unspecified atom stereocenters. The van der Waals surface area contributed by atoms with E-state index in [2.05, 4.69) is 29.2 Å². The zero-order valence-electron chi connectivity index (χ0n) is 15.9. The van der Waals surface area contributed by atoms with Crippen LogP contribution in [-0.2, 0) is 12.1 Å². The fraction of sp³-hybridized carbons (Fsp3) is 0.250. The van der Waals surface area contributed by atoms with Gasteiger partial charge in [-0.3, -0.25) is 4.90 Å². The fourth-order valence-corrected chi connectivity index (χ4v) is 4.22. The molecule has 0 saturated carbocycles. The third-order valence-corrected chi connectivity index (χ3v) is 5.47. The number of nitrogens with zero attached hydrogens (tertiary/aromatic N) is 1. The van der Waals surface area contributed by atoms with Gasteiger partial charge in [-0.15, -0.1) is 0 Å². The monoisotopic (exact) mass is 349 g/mol. The van der Waals surface area contributed by atoms with Crippen molar-refractivity contribution in [2.75, 3.05) is 6.54 Å². The van der Waals surface area contributed by atoms with Gasteiger partial charge in [-0.05, 0) is 30.6 Å². The molecule has 4 rings (SSSR count). The van der Waals surface area contributed by atoms with E-state index >= 15 is 0 Å². The summed E-state index contributed by atoms with van der Waals surface area (Å²) in [6.45, 7) is 1.80. The van der Waals surface area contributed by atoms with E-state index in [1.807, 2.05) is 66.7 Å². The zero-order chi connectivity index (χ0) is 17.8. The van der Waals surface area contributed by atoms with Gasteiger partial charge in [0.25, 0.3) is 0 Å². The van der Waals surface area contributed by atoms with Gasteiger partial charge in [0.2, 0.25) is 0 Å². The quantitative estimate of drug-likeness (QED) is 0.642. The molecule has 3 aromatic rings. The third-order valence-electron chi connectivity index (χ3n) is 5.47. The Balaban J connectivity index is 0.00000210. The summed E-state index contributed by atoms with van der Waals surface area (Å²) in [7, 11) is 0. The number of hydrogen-bond donors (Lipinski definition) is 0. The molecule has 0 radical (unpaired) electrons. The molecule has 132 valence electrons. The maximum Gasteiger partial charge on any atom is 1.00 e. The molecule has 1 fully saturated rings. The van der Waals surface area contributed by atoms with Crippen LogP contribution in [0.4, 0.5) is 0 Å². The summed E-state index contributed by atoms with van der Waals surface area (Å²) < 4.78 is 0. The molecule has 2 nitrogen and oxygen atoms in total. The minimum absolute atomic E-state index is 0. The summed E-state index contributed by atoms with van der Waals surface area (Å²) in [6, 6.07) is 30.2. The van der Waals surface area contributed by atoms with Gasteiger partial charge in [-0.1, -0.05) is 102 Å². The molecular weight excluding hydrogens is 325 g/mol. The van der Waals surface area contributed by atoms with Gasteiger partial charge >= 0.3 is 18.9 Å². The summed E-state index contributed by atoms with van der Waals surface area (Å²) in [5.41, 5.74) is 1.73. The first kappa shape index (κ1) is 19.9. The molecule has 1 heterocycles. The molecule has 1 saturated heterocycles. The summed E-state index contributed by atoms with van der Waals surface area (Å²) in [5.74, 6) is 0. The Labute approximate surface area is 174 Å². The molecule has 0 amide bonds. The van der Waals surface area contributed by atoms with Crippen molar-refractivity contribution in [2.24, 2.45) is 0 Å². The maximum absolute atomic E-state index is 14.5. The molecule has 0 N–H and O–H groups in total. The molecule has 1 aliphatic heterocycles. The first-order valence-corrected chi connectivity index (χ1v) is 9.38. The van der Waals surface area contributed by atoms with Crippen molar-refractivity contribution >= 4 is 0 Å². The summed E-state index contributed by atoms with van der Waals surface area (Å²) >= 11 is 0. The van der Waals surface area contributed by atoms with E-state index in [9.17, 15) is 5.11 Å². The normalized spacial score (nSPS) is 17.4. The number of rotatable bonds is 5. The van der Waals surface area contributed by atoms with E-state index in [4.69, 9.17) is 0 Å². The van der Waals surface area contributed by atoms with Crippen molar-refractivity contribution in [3.63, 3.8) is 0 Å². The topological polar surface area (TPSA) is 26.3 Å². The van der Waals surface area contributed by atoms with Gasteiger partial charge in [0.05, 0.1) is 0 Å². The summed E-state index contributed by atoms with van der Waals surface area (Å²) in [5, 5.41) is 14.5. The van der Waals surface area contributed by atoms with Gasteiger partial charge in [-0.2, -0.15) is 0 Å². The van der Waals surface area contributed by atoms with Crippen LogP contribution in [-0.4, -0.2) is 17.5 Å². The van der Waals surface area contributed by atoms with Crippen molar-refractivity contribution in [1.29, 1.82) is 0 Å². The van der Waals surface area contributed by atoms with Crippen LogP contribution in [0.5, 0.6) is 0 Å². The predicted octanol–water partition coefficient (Wildman–Crippen LogP) is 0.959. The van der Waals surface area contributed by atoms with E-state index in [-0.39, 0.29) is 24.9 Å². The summed E-state index contributed by atoms with van der Waals surface area (Å²) in [6.07, 6.45) is 2.00. The standard InChI is InChI=1S/C24H24NO.Li/c26-24(21-13-6-2-7-14-21,22-15-8-3-9-16-22)23-17-10-18-25(23)19-20-11-4-1-5-12-20;/h1-9,11-16,23H,10,17-19H2;/q-1;+1/t23-;/m0./s1. The molecule has 1 atom stereocenters. The van der Waals surface area contributed by atoms with Crippen molar-refractivity contribution in [3.05, 3.63) is 108 Å². The predicted molar refractivity (Wildman–Crippen MR) is 104 cm³/mol. The van der Waals surface area contributed by atoms with Gasteiger partial charge in [0.15, 0.2) is 0 Å². The van der Waals surface area contributed by atoms with Crippen molar-refractivity contribution in [3.8, 4) is 0 Å². The largest absolute Gasteiger partial charge is 1.00 e. The Bertz CT molecular complexity index is 783. The van der Waals surface area contributed by atoms with E-state index < -0.39 is 5.60 Å². The Morgan fingerprint density at radius 2 is 1.26 bits per heavy atom. The number of benzene rings is 3. The minimum Gasteiger partial charge on any atom is -0.841 e. The van der Waals surface area contributed by atoms with Crippen molar-refractivity contribution in [2.45, 2.75) is 31.0 Å². The molecule has 0 aliphatic carbocycles. The zero-order valence-corrected chi connectivity index (χ0v) is 15.9. The van der Waals surface area contributed by atoms with Crippen LogP contribution in [0.1, 0.15) is 29.5 Å². The van der Waals surface area contributed by atoms with E-state index in [0.717, 1.165) is 37.1 Å². The van der Waals surface area contributed by atoms with Crippen LogP contribution in [0, 0.1) is 0 Å². The molecular formula is C24H24LiNO. The first-order chi connectivity index (χ1) is 12.8. The van der Waals surface area contributed by atoms with E-state index in [0.29, 0.717) is 0 Å². The summed E-state index contributed by atoms with van der Waals surface area (Å²) in [4.78, 5) is 2.38. The Kier molecular flexibility index (Phi) is 6.58. The molecule has 3 aromatic carbocycles. The molecule has 1 aliphatic rings. The van der Waals surface area contributed by atoms with E-state index in [1.165, 1.54) is 5.56 Å². The van der Waals surface area contributed by atoms with Crippen LogP contribution in [0.15, 0.2) is 91.0 Å². The average molecular weight is 349 g/mol. The Morgan fingerprint density at radius 3 is 1.78 bits per heavy atom. The number of likely N-dealkylation sites (tertiary alicyclic amines) is 1. The second-order valence-electron chi connectivity index (χ2n) is 7.08. The van der Waals surface area contributed by atoms with Gasteiger partial charge in [0.1, 0.15) is 0 Å². The molecule has 27 heavy (non-hydrogen) atoms. The molecule has 0 bridgehead atoms. The third kappa shape index (κ3) is 4.05. The minimum atomic E-state index is -1.26. The first-order valence-electron chi connectivity index (χ1n) is 9.38. The molecule has 0 aromatic heterocycles. The van der Waals surface area contributed by atoms with Gasteiger partial charge < -0.3 is 5.11 Å². The van der Waals surface area contributed by atoms with Crippen LogP contribution < -0.4 is 24.0 Å². The molecule has 0 spiro atoms. The van der Waals surface area contributed by atoms with Crippen LogP contribution in [0.2, 0.25) is 0 Å². The van der Waals surface area contributed by atoms with Crippen molar-refractivity contribution in [1.82, 2.24) is 4.90 Å². The van der Waals surface area contributed by atoms with Gasteiger partial charge in [0, 0.05) is 12.6 Å². The van der Waals surface area contributed by atoms with E-state index in [1.54, 1.807) is 0 Å². The maximum atomic E-state index is 14.5. The average Bonchev–Trinajstić information content (AvgIpc) is 3.18. The fourth-order valence-electron chi connectivity index (χ4n) is 4.22. The Hall–Kier alpha value is -1.82. The van der Waals surface area contributed by atoms with Gasteiger partial charge in [-0.25, -0.2) is 0 Å². The second kappa shape index (κ2) is 8.91. The number of hydrogen-bond acceptors (Lipinski definition) is 2. The molecule has 3 heteroatoms. The second-order valence-corrected chi connectivity index (χ2v) is 7.08. The van der Waals surface area contributed by atoms with Crippen LogP contribution in [0.25, 0.3) is 0 Å². The smallest absolute Gasteiger partial charge is 0.841 e. The SMILES string of the molecule is [Li+].[O-]C(c1ccccc1)(c1ccccc1)[C@@H]1CCCN1Cc1ccccc1. The van der Waals surface area contributed by atoms with Crippen molar-refractivity contribution < 1.29 is 24.0 Å². The van der Waals surface area contributed by atoms with Crippen LogP contribution >= 0.6 is 0 Å².